The van der Waals surface area contributed by atoms with Gasteiger partial charge in [0.25, 0.3) is 11.8 Å². The van der Waals surface area contributed by atoms with E-state index >= 15 is 0 Å². The molecule has 0 saturated carbocycles. The van der Waals surface area contributed by atoms with Crippen LogP contribution in [-0.2, 0) is 14.8 Å². The van der Waals surface area contributed by atoms with Crippen molar-refractivity contribution >= 4 is 45.1 Å². The molecule has 2 aromatic rings. The Bertz CT molecular complexity index is 1060. The van der Waals surface area contributed by atoms with Gasteiger partial charge in [-0.1, -0.05) is 18.2 Å². The Morgan fingerprint density at radius 2 is 1.63 bits per heavy atom. The molecule has 0 radical (unpaired) electrons. The molecule has 0 spiro atoms. The maximum atomic E-state index is 12.3. The van der Waals surface area contributed by atoms with Gasteiger partial charge in [0, 0.05) is 6.54 Å². The number of benzene rings is 1. The molecule has 1 aromatic heterocycles. The smallest absolute Gasteiger partial charge is 0.323 e. The summed E-state index contributed by atoms with van der Waals surface area (Å²) in [5.41, 5.74) is 12.3. The van der Waals surface area contributed by atoms with Crippen LogP contribution in [0.25, 0.3) is 0 Å². The minimum atomic E-state index is -4.10. The Morgan fingerprint density at radius 3 is 2.20 bits per heavy atom. The number of rotatable bonds is 9. The van der Waals surface area contributed by atoms with E-state index in [4.69, 9.17) is 11.5 Å². The lowest BCUT2D eigenvalue weighted by atomic mass is 10.3. The van der Waals surface area contributed by atoms with Crippen molar-refractivity contribution < 1.29 is 27.9 Å². The summed E-state index contributed by atoms with van der Waals surface area (Å²) in [6, 6.07) is 8.29. The highest BCUT2D eigenvalue weighted by Gasteiger charge is 2.26. The van der Waals surface area contributed by atoms with Crippen LogP contribution in [0.15, 0.2) is 52.5 Å². The fourth-order valence-corrected chi connectivity index (χ4v) is 4.09. The number of hydrazone groups is 1. The Balaban J connectivity index is 2.02. The molecular weight excluding hydrogens is 436 g/mol. The predicted octanol–water partition coefficient (Wildman–Crippen LogP) is -1.17. The number of guanidine groups is 1. The highest BCUT2D eigenvalue weighted by Crippen LogP contribution is 2.16. The topological polar surface area (TPSA) is 206 Å². The molecule has 12 nitrogen and oxygen atoms in total. The largest absolute Gasteiger partial charge is 0.480 e. The zero-order valence-corrected chi connectivity index (χ0v) is 16.9. The quantitative estimate of drug-likeness (QED) is 0.154. The van der Waals surface area contributed by atoms with Gasteiger partial charge in [0.15, 0.2) is 0 Å². The average molecular weight is 454 g/mol. The summed E-state index contributed by atoms with van der Waals surface area (Å²) in [6.45, 7) is -0.520. The molecule has 1 aromatic carbocycles. The van der Waals surface area contributed by atoms with Gasteiger partial charge in [-0.25, -0.2) is 13.8 Å². The minimum Gasteiger partial charge on any atom is -0.480 e. The van der Waals surface area contributed by atoms with E-state index in [9.17, 15) is 27.9 Å². The number of amides is 2. The monoisotopic (exact) mass is 454 g/mol. The van der Waals surface area contributed by atoms with Crippen molar-refractivity contribution in [2.75, 3.05) is 6.54 Å². The molecule has 0 fully saturated rings. The van der Waals surface area contributed by atoms with Crippen LogP contribution in [0.5, 0.6) is 0 Å². The van der Waals surface area contributed by atoms with E-state index in [1.807, 2.05) is 4.72 Å². The summed E-state index contributed by atoms with van der Waals surface area (Å²) >= 11 is 0.810. The number of thiophene rings is 1. The van der Waals surface area contributed by atoms with Gasteiger partial charge >= 0.3 is 5.97 Å². The fraction of sp³-hybridized carbons (Fsp3) is 0.125. The van der Waals surface area contributed by atoms with Gasteiger partial charge in [-0.05, 0) is 24.3 Å². The van der Waals surface area contributed by atoms with Crippen LogP contribution in [0.4, 0.5) is 0 Å². The number of carbonyl (C=O) groups is 3. The first kappa shape index (κ1) is 22.8. The normalized spacial score (nSPS) is 11.9. The number of carboxylic acid groups (broad SMARTS) is 1. The third-order valence-corrected chi connectivity index (χ3v) is 6.03. The molecule has 0 bridgehead atoms. The fourth-order valence-electron chi connectivity index (χ4n) is 2.07. The van der Waals surface area contributed by atoms with Crippen molar-refractivity contribution in [1.29, 1.82) is 0 Å². The highest BCUT2D eigenvalue weighted by atomic mass is 32.2. The first-order valence-corrected chi connectivity index (χ1v) is 10.5. The van der Waals surface area contributed by atoms with Gasteiger partial charge in [0.05, 0.1) is 14.6 Å². The molecule has 1 heterocycles. The molecule has 2 rings (SSSR count). The molecule has 8 N–H and O–H groups in total. The molecule has 2 amide bonds. The maximum Gasteiger partial charge on any atom is 0.323 e. The van der Waals surface area contributed by atoms with Gasteiger partial charge < -0.3 is 21.9 Å². The predicted molar refractivity (Wildman–Crippen MR) is 108 cm³/mol. The summed E-state index contributed by atoms with van der Waals surface area (Å²) in [6.07, 6.45) is 0. The number of carboxylic acids is 1. The second-order valence-electron chi connectivity index (χ2n) is 5.68. The lowest BCUT2D eigenvalue weighted by Crippen LogP contribution is -2.48. The lowest BCUT2D eigenvalue weighted by Gasteiger charge is -2.15. The van der Waals surface area contributed by atoms with E-state index in [1.165, 1.54) is 36.4 Å². The van der Waals surface area contributed by atoms with Crippen molar-refractivity contribution in [3.63, 3.8) is 0 Å². The van der Waals surface area contributed by atoms with Crippen LogP contribution in [0, 0.1) is 0 Å². The molecule has 160 valence electrons. The molecule has 0 saturated heterocycles. The van der Waals surface area contributed by atoms with Crippen LogP contribution in [0.1, 0.15) is 19.3 Å². The summed E-state index contributed by atoms with van der Waals surface area (Å²) in [7, 11) is -4.10. The SMILES string of the molecule is NC(N)=NNC(=O)c1ccc(C(=O)NC[C@H](NS(=O)(=O)c2ccccc2)C(=O)O)s1. The van der Waals surface area contributed by atoms with E-state index in [1.54, 1.807) is 6.07 Å². The molecular formula is C16H18N6O6S2. The summed E-state index contributed by atoms with van der Waals surface area (Å²) in [5.74, 6) is -3.16. The zero-order chi connectivity index (χ0) is 22.3. The zero-order valence-electron chi connectivity index (χ0n) is 15.2. The number of nitrogens with one attached hydrogen (secondary N) is 3. The molecule has 14 heteroatoms. The summed E-state index contributed by atoms with van der Waals surface area (Å²) in [4.78, 5) is 35.6. The number of sulfonamides is 1. The van der Waals surface area contributed by atoms with Gasteiger partial charge in [-0.15, -0.1) is 16.4 Å². The standard InChI is InChI=1S/C16H18N6O6S2/c17-16(18)21-20-14(24)12-7-6-11(29-12)13(23)19-8-10(15(25)26)22-30(27,28)9-4-2-1-3-5-9/h1-7,10,22H,8H2,(H,19,23)(H,20,24)(H,25,26)(H4,17,18,21)/t10-/m0/s1. The lowest BCUT2D eigenvalue weighted by molar-refractivity contribution is -0.138. The van der Waals surface area contributed by atoms with Crippen LogP contribution in [-0.4, -0.2) is 49.9 Å². The first-order valence-electron chi connectivity index (χ1n) is 8.17. The summed E-state index contributed by atoms with van der Waals surface area (Å²) < 4.78 is 26.6. The van der Waals surface area contributed by atoms with Crippen molar-refractivity contribution in [3.8, 4) is 0 Å². The van der Waals surface area contributed by atoms with Crippen molar-refractivity contribution in [1.82, 2.24) is 15.5 Å². The number of hydrogen-bond acceptors (Lipinski definition) is 7. The number of nitrogens with two attached hydrogens (primary N) is 2. The summed E-state index contributed by atoms with van der Waals surface area (Å²) in [5, 5.41) is 14.9. The third kappa shape index (κ3) is 6.26. The van der Waals surface area contributed by atoms with Gasteiger partial charge in [0.1, 0.15) is 6.04 Å². The molecule has 0 aliphatic heterocycles. The Kier molecular flexibility index (Phi) is 7.46. The van der Waals surface area contributed by atoms with Gasteiger partial charge in [-0.2, -0.15) is 4.72 Å². The maximum absolute atomic E-state index is 12.3. The van der Waals surface area contributed by atoms with Gasteiger partial charge in [0.2, 0.25) is 16.0 Å². The molecule has 30 heavy (non-hydrogen) atoms. The van der Waals surface area contributed by atoms with Crippen LogP contribution >= 0.6 is 11.3 Å². The van der Waals surface area contributed by atoms with Crippen LogP contribution in [0.3, 0.4) is 0 Å². The number of carbonyl (C=O) groups excluding carboxylic acids is 2. The van der Waals surface area contributed by atoms with Crippen LogP contribution in [0.2, 0.25) is 0 Å². The second-order valence-corrected chi connectivity index (χ2v) is 8.47. The van der Waals surface area contributed by atoms with Crippen LogP contribution < -0.4 is 26.9 Å². The molecule has 0 aliphatic rings. The van der Waals surface area contributed by atoms with E-state index in [2.05, 4.69) is 15.8 Å². The molecule has 0 aliphatic carbocycles. The second kappa shape index (κ2) is 9.82. The van der Waals surface area contributed by atoms with Crippen molar-refractivity contribution in [3.05, 3.63) is 52.2 Å². The molecule has 1 atom stereocenters. The van der Waals surface area contributed by atoms with E-state index < -0.39 is 40.4 Å². The molecule has 0 unspecified atom stereocenters. The number of aliphatic carboxylic acids is 1. The van der Waals surface area contributed by atoms with Crippen molar-refractivity contribution in [2.24, 2.45) is 16.6 Å². The van der Waals surface area contributed by atoms with E-state index in [0.717, 1.165) is 11.3 Å². The van der Waals surface area contributed by atoms with E-state index in [0.29, 0.717) is 0 Å². The average Bonchev–Trinajstić information content (AvgIpc) is 3.20. The Labute approximate surface area is 175 Å². The van der Waals surface area contributed by atoms with Gasteiger partial charge in [-0.3, -0.25) is 14.4 Å². The Morgan fingerprint density at radius 1 is 1.03 bits per heavy atom. The first-order chi connectivity index (χ1) is 14.1. The number of hydrogen-bond donors (Lipinski definition) is 6. The Hall–Kier alpha value is -3.49. The third-order valence-electron chi connectivity index (χ3n) is 3.46. The minimum absolute atomic E-state index is 0.0971. The van der Waals surface area contributed by atoms with Crippen molar-refractivity contribution in [2.45, 2.75) is 10.9 Å². The highest BCUT2D eigenvalue weighted by molar-refractivity contribution is 7.89. The van der Waals surface area contributed by atoms with E-state index in [-0.39, 0.29) is 20.6 Å². The number of nitrogens with zero attached hydrogens (tertiary/aromatic N) is 1.